The molecule has 0 bridgehead atoms. The van der Waals surface area contributed by atoms with Gasteiger partial charge >= 0.3 is 5.97 Å². The number of sulfone groups is 1. The van der Waals surface area contributed by atoms with Crippen molar-refractivity contribution in [2.24, 2.45) is 0 Å². The van der Waals surface area contributed by atoms with Crippen LogP contribution in [0.3, 0.4) is 0 Å². The van der Waals surface area contributed by atoms with Crippen molar-refractivity contribution in [1.82, 2.24) is 10.9 Å². The molecule has 0 radical (unpaired) electrons. The zero-order valence-electron chi connectivity index (χ0n) is 15.2. The summed E-state index contributed by atoms with van der Waals surface area (Å²) in [5, 5.41) is 0. The third-order valence-corrected chi connectivity index (χ3v) is 5.40. The van der Waals surface area contributed by atoms with E-state index >= 15 is 0 Å². The van der Waals surface area contributed by atoms with Gasteiger partial charge in [-0.15, -0.1) is 0 Å². The van der Waals surface area contributed by atoms with Gasteiger partial charge in [-0.05, 0) is 31.2 Å². The van der Waals surface area contributed by atoms with Gasteiger partial charge in [-0.1, -0.05) is 35.9 Å². The molecule has 8 nitrogen and oxygen atoms in total. The normalized spacial score (nSPS) is 10.8. The maximum absolute atomic E-state index is 12.2. The fraction of sp³-hybridized carbons (Fsp3) is 0.211. The molecule has 28 heavy (non-hydrogen) atoms. The number of hydrogen-bond acceptors (Lipinski definition) is 6. The maximum atomic E-state index is 12.2. The molecule has 0 aliphatic heterocycles. The van der Waals surface area contributed by atoms with Crippen LogP contribution in [0.4, 0.5) is 0 Å². The highest BCUT2D eigenvalue weighted by molar-refractivity contribution is 7.91. The topological polar surface area (TPSA) is 119 Å². The summed E-state index contributed by atoms with van der Waals surface area (Å²) in [5.74, 6) is -2.54. The van der Waals surface area contributed by atoms with Gasteiger partial charge in [-0.3, -0.25) is 25.2 Å². The molecule has 0 spiro atoms. The fourth-order valence-electron chi connectivity index (χ4n) is 2.12. The number of amides is 2. The molecule has 0 unspecified atom stereocenters. The summed E-state index contributed by atoms with van der Waals surface area (Å²) in [6.45, 7) is 1.19. The van der Waals surface area contributed by atoms with Gasteiger partial charge in [-0.25, -0.2) is 8.42 Å². The Balaban J connectivity index is 1.72. The number of nitrogens with one attached hydrogen (secondary N) is 2. The Morgan fingerprint density at radius 2 is 1.57 bits per heavy atom. The van der Waals surface area contributed by atoms with Gasteiger partial charge in [-0.2, -0.15) is 0 Å². The van der Waals surface area contributed by atoms with Crippen LogP contribution in [-0.4, -0.2) is 38.6 Å². The molecule has 2 aromatic rings. The van der Waals surface area contributed by atoms with Crippen LogP contribution in [0.15, 0.2) is 59.5 Å². The maximum Gasteiger partial charge on any atom is 0.307 e. The average molecular weight is 404 g/mol. The van der Waals surface area contributed by atoms with Gasteiger partial charge in [0.1, 0.15) is 0 Å². The van der Waals surface area contributed by atoms with E-state index in [4.69, 9.17) is 4.74 Å². The summed E-state index contributed by atoms with van der Waals surface area (Å²) in [6.07, 6.45) is -0.389. The molecule has 2 rings (SSSR count). The number of hydrazine groups is 1. The molecule has 0 aromatic heterocycles. The van der Waals surface area contributed by atoms with Crippen LogP contribution in [-0.2, 0) is 24.2 Å². The predicted octanol–water partition coefficient (Wildman–Crippen LogP) is 1.16. The first-order valence-corrected chi connectivity index (χ1v) is 10.0. The van der Waals surface area contributed by atoms with E-state index in [9.17, 15) is 22.8 Å². The Morgan fingerprint density at radius 1 is 0.929 bits per heavy atom. The number of carbonyl (C=O) groups excluding carboxylic acids is 3. The molecular weight excluding hydrogens is 384 g/mol. The van der Waals surface area contributed by atoms with E-state index in [0.717, 1.165) is 5.56 Å². The molecule has 148 valence electrons. The summed E-state index contributed by atoms with van der Waals surface area (Å²) in [4.78, 5) is 35.2. The van der Waals surface area contributed by atoms with Crippen LogP contribution < -0.4 is 10.9 Å². The third kappa shape index (κ3) is 6.51. The number of carbonyl (C=O) groups is 3. The SMILES string of the molecule is Cc1ccc(S(=O)(=O)CCC(=O)OCC(=O)NNC(=O)c2ccccc2)cc1. The molecule has 0 fully saturated rings. The second kappa shape index (κ2) is 9.65. The molecule has 0 atom stereocenters. The summed E-state index contributed by atoms with van der Waals surface area (Å²) < 4.78 is 29.1. The lowest BCUT2D eigenvalue weighted by Crippen LogP contribution is -2.43. The largest absolute Gasteiger partial charge is 0.455 e. The highest BCUT2D eigenvalue weighted by Gasteiger charge is 2.17. The molecule has 0 aliphatic carbocycles. The Morgan fingerprint density at radius 3 is 2.21 bits per heavy atom. The lowest BCUT2D eigenvalue weighted by molar-refractivity contribution is -0.148. The minimum absolute atomic E-state index is 0.118. The summed E-state index contributed by atoms with van der Waals surface area (Å²) >= 11 is 0. The highest BCUT2D eigenvalue weighted by Crippen LogP contribution is 2.13. The number of ether oxygens (including phenoxy) is 1. The van der Waals surface area contributed by atoms with Crippen LogP contribution in [0.5, 0.6) is 0 Å². The molecule has 9 heteroatoms. The van der Waals surface area contributed by atoms with Crippen LogP contribution in [0, 0.1) is 6.92 Å². The van der Waals surface area contributed by atoms with Crippen molar-refractivity contribution in [1.29, 1.82) is 0 Å². The number of hydrogen-bond donors (Lipinski definition) is 2. The minimum atomic E-state index is -3.62. The molecule has 0 heterocycles. The Labute approximate surface area is 162 Å². The Hall–Kier alpha value is -3.20. The fourth-order valence-corrected chi connectivity index (χ4v) is 3.35. The summed E-state index contributed by atoms with van der Waals surface area (Å²) in [5.41, 5.74) is 5.55. The van der Waals surface area contributed by atoms with Gasteiger partial charge in [0.05, 0.1) is 17.1 Å². The predicted molar refractivity (Wildman–Crippen MR) is 101 cm³/mol. The average Bonchev–Trinajstić information content (AvgIpc) is 2.70. The van der Waals surface area contributed by atoms with Crippen molar-refractivity contribution < 1.29 is 27.5 Å². The standard InChI is InChI=1S/C19H20N2O6S/c1-14-7-9-16(10-8-14)28(25,26)12-11-18(23)27-13-17(22)20-21-19(24)15-5-3-2-4-6-15/h2-10H,11-13H2,1H3,(H,20,22)(H,21,24). The van der Waals surface area contributed by atoms with E-state index < -0.39 is 40.0 Å². The molecular formula is C19H20N2O6S. The van der Waals surface area contributed by atoms with Gasteiger partial charge in [0.15, 0.2) is 16.4 Å². The highest BCUT2D eigenvalue weighted by atomic mass is 32.2. The molecule has 2 N–H and O–H groups in total. The number of benzene rings is 2. The lowest BCUT2D eigenvalue weighted by Gasteiger charge is -2.08. The van der Waals surface area contributed by atoms with E-state index in [1.807, 2.05) is 6.92 Å². The quantitative estimate of drug-likeness (QED) is 0.528. The van der Waals surface area contributed by atoms with E-state index in [1.54, 1.807) is 42.5 Å². The van der Waals surface area contributed by atoms with E-state index in [2.05, 4.69) is 10.9 Å². The van der Waals surface area contributed by atoms with Gasteiger partial charge in [0.2, 0.25) is 0 Å². The van der Waals surface area contributed by atoms with E-state index in [0.29, 0.717) is 5.56 Å². The second-order valence-corrected chi connectivity index (χ2v) is 8.02. The zero-order valence-corrected chi connectivity index (χ0v) is 16.0. The smallest absolute Gasteiger partial charge is 0.307 e. The van der Waals surface area contributed by atoms with Crippen molar-refractivity contribution in [3.63, 3.8) is 0 Å². The molecule has 0 saturated heterocycles. The third-order valence-electron chi connectivity index (χ3n) is 3.67. The molecule has 0 aliphatic rings. The van der Waals surface area contributed by atoms with Gasteiger partial charge < -0.3 is 4.74 Å². The molecule has 0 saturated carbocycles. The summed E-state index contributed by atoms with van der Waals surface area (Å²) in [6, 6.07) is 14.5. The number of esters is 1. The first-order chi connectivity index (χ1) is 13.3. The van der Waals surface area contributed by atoms with Crippen LogP contribution in [0.25, 0.3) is 0 Å². The van der Waals surface area contributed by atoms with Crippen molar-refractivity contribution in [3.8, 4) is 0 Å². The first-order valence-electron chi connectivity index (χ1n) is 8.37. The first kappa shape index (κ1) is 21.1. The van der Waals surface area contributed by atoms with E-state index in [-0.39, 0.29) is 11.3 Å². The van der Waals surface area contributed by atoms with Crippen molar-refractivity contribution in [3.05, 3.63) is 65.7 Å². The number of rotatable bonds is 7. The van der Waals surface area contributed by atoms with Crippen molar-refractivity contribution >= 4 is 27.6 Å². The molecule has 2 aromatic carbocycles. The Bertz CT molecular complexity index is 940. The van der Waals surface area contributed by atoms with Crippen LogP contribution >= 0.6 is 0 Å². The lowest BCUT2D eigenvalue weighted by atomic mass is 10.2. The van der Waals surface area contributed by atoms with Gasteiger partial charge in [0.25, 0.3) is 11.8 Å². The molecule has 2 amide bonds. The van der Waals surface area contributed by atoms with Crippen LogP contribution in [0.1, 0.15) is 22.3 Å². The minimum Gasteiger partial charge on any atom is -0.455 e. The number of aryl methyl sites for hydroxylation is 1. The van der Waals surface area contributed by atoms with Crippen molar-refractivity contribution in [2.75, 3.05) is 12.4 Å². The van der Waals surface area contributed by atoms with E-state index in [1.165, 1.54) is 12.1 Å². The van der Waals surface area contributed by atoms with Gasteiger partial charge in [0, 0.05) is 5.56 Å². The Kier molecular flexibility index (Phi) is 7.28. The van der Waals surface area contributed by atoms with Crippen LogP contribution in [0.2, 0.25) is 0 Å². The monoisotopic (exact) mass is 404 g/mol. The second-order valence-electron chi connectivity index (χ2n) is 5.91. The zero-order chi connectivity index (χ0) is 20.6. The summed E-state index contributed by atoms with van der Waals surface area (Å²) in [7, 11) is -3.62. The van der Waals surface area contributed by atoms with Crippen molar-refractivity contribution in [2.45, 2.75) is 18.2 Å².